The molecule has 118 valence electrons. The minimum Gasteiger partial charge on any atom is -0.242 e. The van der Waals surface area contributed by atoms with Gasteiger partial charge >= 0.3 is 0 Å². The molecule has 0 aliphatic carbocycles. The summed E-state index contributed by atoms with van der Waals surface area (Å²) in [5, 5.41) is 1.14. The van der Waals surface area contributed by atoms with Gasteiger partial charge in [0.15, 0.2) is 0 Å². The molecule has 22 heavy (non-hydrogen) atoms. The van der Waals surface area contributed by atoms with Gasteiger partial charge in [-0.25, -0.2) is 8.93 Å². The van der Waals surface area contributed by atoms with Crippen molar-refractivity contribution in [3.8, 4) is 0 Å². The highest BCUT2D eigenvalue weighted by atomic mass is 35.5. The van der Waals surface area contributed by atoms with Gasteiger partial charge in [0.2, 0.25) is 0 Å². The van der Waals surface area contributed by atoms with Crippen molar-refractivity contribution >= 4 is 34.2 Å². The summed E-state index contributed by atoms with van der Waals surface area (Å²) in [6, 6.07) is 14.9. The largest absolute Gasteiger partial charge is 0.242 e. The van der Waals surface area contributed by atoms with E-state index in [-0.39, 0.29) is 10.8 Å². The number of nitrogens with one attached hydrogen (secondary N) is 1. The van der Waals surface area contributed by atoms with Crippen molar-refractivity contribution in [3.63, 3.8) is 0 Å². The first kappa shape index (κ1) is 17.5. The van der Waals surface area contributed by atoms with Crippen LogP contribution in [0.1, 0.15) is 37.9 Å². The van der Waals surface area contributed by atoms with Gasteiger partial charge in [-0.05, 0) is 44.0 Å². The molecule has 0 bridgehead atoms. The van der Waals surface area contributed by atoms with Gasteiger partial charge in [0.05, 0.1) is 21.8 Å². The molecule has 2 atom stereocenters. The van der Waals surface area contributed by atoms with Crippen molar-refractivity contribution in [2.75, 3.05) is 0 Å². The Balaban J connectivity index is 2.44. The van der Waals surface area contributed by atoms with E-state index < -0.39 is 11.0 Å². The number of halogens is 2. The van der Waals surface area contributed by atoms with Crippen molar-refractivity contribution < 1.29 is 4.21 Å². The highest BCUT2D eigenvalue weighted by Crippen LogP contribution is 2.31. The molecule has 2 nitrogen and oxygen atoms in total. The van der Waals surface area contributed by atoms with Gasteiger partial charge in [0.1, 0.15) is 0 Å². The van der Waals surface area contributed by atoms with Gasteiger partial charge in [0, 0.05) is 10.0 Å². The van der Waals surface area contributed by atoms with Crippen molar-refractivity contribution in [2.45, 2.75) is 31.6 Å². The standard InChI is InChI=1S/C17H19Cl2NOS/c1-17(2,3)22(21)20-16(12-7-5-4-6-8-12)14-10-9-13(18)11-15(14)19/h4-11,16,20H,1-3H3/t16-,22+/m0/s1. The molecule has 2 aromatic rings. The Kier molecular flexibility index (Phi) is 5.67. The second-order valence-electron chi connectivity index (χ2n) is 6.01. The van der Waals surface area contributed by atoms with E-state index in [1.165, 1.54) is 0 Å². The van der Waals surface area contributed by atoms with Gasteiger partial charge in [-0.3, -0.25) is 0 Å². The lowest BCUT2D eigenvalue weighted by molar-refractivity contribution is 0.623. The smallest absolute Gasteiger partial charge is 0.0979 e. The van der Waals surface area contributed by atoms with Gasteiger partial charge in [-0.2, -0.15) is 0 Å². The number of hydrogen-bond acceptors (Lipinski definition) is 1. The van der Waals surface area contributed by atoms with Crippen LogP contribution in [0, 0.1) is 0 Å². The third kappa shape index (κ3) is 4.32. The summed E-state index contributed by atoms with van der Waals surface area (Å²) in [5.41, 5.74) is 1.86. The minimum atomic E-state index is -1.22. The van der Waals surface area contributed by atoms with Crippen LogP contribution in [-0.4, -0.2) is 8.96 Å². The topological polar surface area (TPSA) is 29.1 Å². The molecular formula is C17H19Cl2NOS. The van der Waals surface area contributed by atoms with Crippen molar-refractivity contribution in [1.82, 2.24) is 4.72 Å². The SMILES string of the molecule is CC(C)(C)[S@@](=O)N[C@@H](c1ccccc1)c1ccc(Cl)cc1Cl. The lowest BCUT2D eigenvalue weighted by Crippen LogP contribution is -2.36. The van der Waals surface area contributed by atoms with Crippen molar-refractivity contribution in [1.29, 1.82) is 0 Å². The zero-order valence-electron chi connectivity index (χ0n) is 12.8. The first-order valence-corrected chi connectivity index (χ1v) is 8.87. The Hall–Kier alpha value is -0.870. The first-order chi connectivity index (χ1) is 10.3. The summed E-state index contributed by atoms with van der Waals surface area (Å²) in [7, 11) is -1.22. The Morgan fingerprint density at radius 1 is 1.05 bits per heavy atom. The van der Waals surface area contributed by atoms with Crippen LogP contribution in [0.15, 0.2) is 48.5 Å². The Labute approximate surface area is 144 Å². The van der Waals surface area contributed by atoms with E-state index in [0.29, 0.717) is 10.0 Å². The normalized spacial score (nSPS) is 14.6. The van der Waals surface area contributed by atoms with E-state index in [1.807, 2.05) is 57.2 Å². The van der Waals surface area contributed by atoms with Gasteiger partial charge in [0.25, 0.3) is 0 Å². The maximum absolute atomic E-state index is 12.5. The van der Waals surface area contributed by atoms with E-state index in [2.05, 4.69) is 4.72 Å². The summed E-state index contributed by atoms with van der Waals surface area (Å²) in [4.78, 5) is 0. The molecule has 0 aliphatic rings. The van der Waals surface area contributed by atoms with Crippen LogP contribution >= 0.6 is 23.2 Å². The van der Waals surface area contributed by atoms with Crippen molar-refractivity contribution in [3.05, 3.63) is 69.7 Å². The Morgan fingerprint density at radius 2 is 1.68 bits per heavy atom. The lowest BCUT2D eigenvalue weighted by atomic mass is 10.00. The fourth-order valence-corrected chi connectivity index (χ4v) is 3.32. The molecule has 1 N–H and O–H groups in total. The van der Waals surface area contributed by atoms with E-state index >= 15 is 0 Å². The predicted molar refractivity (Wildman–Crippen MR) is 95.8 cm³/mol. The Bertz CT molecular complexity index is 668. The van der Waals surface area contributed by atoms with Crippen LogP contribution in [0.25, 0.3) is 0 Å². The summed E-state index contributed by atoms with van der Waals surface area (Å²) in [6.45, 7) is 5.80. The van der Waals surface area contributed by atoms with Gasteiger partial charge in [-0.15, -0.1) is 0 Å². The molecular weight excluding hydrogens is 337 g/mol. The highest BCUT2D eigenvalue weighted by molar-refractivity contribution is 7.84. The lowest BCUT2D eigenvalue weighted by Gasteiger charge is -2.25. The molecule has 0 spiro atoms. The summed E-state index contributed by atoms with van der Waals surface area (Å²) >= 11 is 12.3. The fourth-order valence-electron chi connectivity index (χ4n) is 1.98. The van der Waals surface area contributed by atoms with Crippen LogP contribution in [0.2, 0.25) is 10.0 Å². The molecule has 0 radical (unpaired) electrons. The summed E-state index contributed by atoms with van der Waals surface area (Å²) in [5.74, 6) is 0. The molecule has 0 amide bonds. The quantitative estimate of drug-likeness (QED) is 0.808. The van der Waals surface area contributed by atoms with E-state index in [4.69, 9.17) is 23.2 Å². The van der Waals surface area contributed by atoms with E-state index in [9.17, 15) is 4.21 Å². The van der Waals surface area contributed by atoms with Crippen LogP contribution in [-0.2, 0) is 11.0 Å². The van der Waals surface area contributed by atoms with Crippen molar-refractivity contribution in [2.24, 2.45) is 0 Å². The zero-order valence-corrected chi connectivity index (χ0v) is 15.1. The third-order valence-corrected chi connectivity index (χ3v) is 5.31. The van der Waals surface area contributed by atoms with Crippen LogP contribution in [0.4, 0.5) is 0 Å². The molecule has 0 heterocycles. The number of rotatable bonds is 4. The van der Waals surface area contributed by atoms with Crippen LogP contribution in [0.3, 0.4) is 0 Å². The average molecular weight is 356 g/mol. The highest BCUT2D eigenvalue weighted by Gasteiger charge is 2.25. The maximum Gasteiger partial charge on any atom is 0.0979 e. The predicted octanol–water partition coefficient (Wildman–Crippen LogP) is 5.13. The molecule has 0 aromatic heterocycles. The monoisotopic (exact) mass is 355 g/mol. The first-order valence-electron chi connectivity index (χ1n) is 6.97. The molecule has 0 aliphatic heterocycles. The molecule has 0 unspecified atom stereocenters. The molecule has 0 saturated carbocycles. The molecule has 0 fully saturated rings. The van der Waals surface area contributed by atoms with E-state index in [0.717, 1.165) is 11.1 Å². The molecule has 0 saturated heterocycles. The third-order valence-electron chi connectivity index (χ3n) is 3.19. The second-order valence-corrected chi connectivity index (χ2v) is 8.85. The molecule has 2 rings (SSSR count). The average Bonchev–Trinajstić information content (AvgIpc) is 2.45. The number of hydrogen-bond donors (Lipinski definition) is 1. The van der Waals surface area contributed by atoms with Gasteiger partial charge in [-0.1, -0.05) is 59.6 Å². The molecule has 2 aromatic carbocycles. The summed E-state index contributed by atoms with van der Waals surface area (Å²) in [6.07, 6.45) is 0. The van der Waals surface area contributed by atoms with Crippen LogP contribution in [0.5, 0.6) is 0 Å². The van der Waals surface area contributed by atoms with Crippen LogP contribution < -0.4 is 4.72 Å². The summed E-state index contributed by atoms with van der Waals surface area (Å²) < 4.78 is 15.4. The number of benzene rings is 2. The van der Waals surface area contributed by atoms with Gasteiger partial charge < -0.3 is 0 Å². The molecule has 5 heteroatoms. The Morgan fingerprint density at radius 3 is 2.23 bits per heavy atom. The minimum absolute atomic E-state index is 0.258. The zero-order chi connectivity index (χ0) is 16.3. The maximum atomic E-state index is 12.5. The van der Waals surface area contributed by atoms with E-state index in [1.54, 1.807) is 12.1 Å². The second kappa shape index (κ2) is 7.14. The fraction of sp³-hybridized carbons (Fsp3) is 0.294.